The Morgan fingerprint density at radius 1 is 1.11 bits per heavy atom. The molecule has 0 spiro atoms. The van der Waals surface area contributed by atoms with Crippen LogP contribution >= 0.6 is 11.3 Å². The molecule has 0 amide bonds. The zero-order valence-electron chi connectivity index (χ0n) is 19.0. The number of carbonyl (C=O) groups excluding carboxylic acids is 1. The van der Waals surface area contributed by atoms with Crippen molar-refractivity contribution in [3.05, 3.63) is 70.4 Å². The van der Waals surface area contributed by atoms with Crippen molar-refractivity contribution in [1.82, 2.24) is 5.32 Å². The van der Waals surface area contributed by atoms with E-state index in [1.165, 1.54) is 12.1 Å². The molecule has 4 N–H and O–H groups in total. The molecule has 2 aromatic carbocycles. The van der Waals surface area contributed by atoms with Gasteiger partial charge in [-0.2, -0.15) is 0 Å². The summed E-state index contributed by atoms with van der Waals surface area (Å²) < 4.78 is 27.0. The summed E-state index contributed by atoms with van der Waals surface area (Å²) in [6, 6.07) is 14.0. The molecule has 0 bridgehead atoms. The quantitative estimate of drug-likeness (QED) is 0.384. The number of ether oxygens (including phenoxy) is 2. The molecule has 0 aliphatic carbocycles. The molecule has 2 aliphatic heterocycles. The van der Waals surface area contributed by atoms with E-state index in [0.29, 0.717) is 24.0 Å². The van der Waals surface area contributed by atoms with Gasteiger partial charge in [-0.25, -0.2) is 4.39 Å². The average Bonchev–Trinajstić information content (AvgIpc) is 3.53. The van der Waals surface area contributed by atoms with Crippen molar-refractivity contribution in [1.29, 1.82) is 0 Å². The lowest BCUT2D eigenvalue weighted by molar-refractivity contribution is -0.234. The number of fused-ring (bicyclic) bond motifs is 1. The molecular formula is C26H28FNO6S. The van der Waals surface area contributed by atoms with Crippen molar-refractivity contribution in [2.24, 2.45) is 0 Å². The van der Waals surface area contributed by atoms with Gasteiger partial charge in [0.2, 0.25) is 0 Å². The molecule has 2 aliphatic rings. The predicted molar refractivity (Wildman–Crippen MR) is 129 cm³/mol. The lowest BCUT2D eigenvalue weighted by Crippen LogP contribution is -2.55. The minimum Gasteiger partial charge on any atom is -0.462 e. The molecule has 3 heterocycles. The van der Waals surface area contributed by atoms with Crippen LogP contribution in [0, 0.1) is 5.82 Å². The first-order valence-corrected chi connectivity index (χ1v) is 12.6. The fraction of sp³-hybridized carbons (Fsp3) is 0.423. The largest absolute Gasteiger partial charge is 0.462 e. The first kappa shape index (κ1) is 24.3. The molecular weight excluding hydrogens is 473 g/mol. The number of halogens is 1. The van der Waals surface area contributed by atoms with Crippen molar-refractivity contribution >= 4 is 27.4 Å². The first-order chi connectivity index (χ1) is 16.9. The van der Waals surface area contributed by atoms with Crippen LogP contribution < -0.4 is 5.32 Å². The molecule has 2 saturated heterocycles. The molecule has 0 radical (unpaired) electrons. The Kier molecular flexibility index (Phi) is 7.15. The number of carbonyl (C=O) groups is 1. The van der Waals surface area contributed by atoms with Gasteiger partial charge in [0.15, 0.2) is 0 Å². The molecule has 7 nitrogen and oxygen atoms in total. The summed E-state index contributed by atoms with van der Waals surface area (Å²) >= 11 is 1.59. The van der Waals surface area contributed by atoms with Crippen LogP contribution in [0.15, 0.2) is 48.5 Å². The summed E-state index contributed by atoms with van der Waals surface area (Å²) in [7, 11) is 0. The summed E-state index contributed by atoms with van der Waals surface area (Å²) in [5.74, 6) is -0.825. The van der Waals surface area contributed by atoms with Crippen LogP contribution in [0.25, 0.3) is 10.1 Å². The Balaban J connectivity index is 1.33. The maximum absolute atomic E-state index is 14.7. The number of benzene rings is 2. The molecule has 186 valence electrons. The number of aliphatic hydroxyl groups is 3. The van der Waals surface area contributed by atoms with Gasteiger partial charge < -0.3 is 30.1 Å². The number of rotatable bonds is 6. The SMILES string of the molecule is O=C(OC[C@H]1O[C@@H](c2ccc(F)c(Cc3cc4ccccc4s3)c2)[C@H](O)[C@@H](O)[C@@H]1O)[C@@H]1CCCN1. The second-order valence-corrected chi connectivity index (χ2v) is 10.3. The summed E-state index contributed by atoms with van der Waals surface area (Å²) in [6.07, 6.45) is -4.54. The highest BCUT2D eigenvalue weighted by Crippen LogP contribution is 2.34. The molecule has 1 aromatic heterocycles. The van der Waals surface area contributed by atoms with E-state index in [-0.39, 0.29) is 12.4 Å². The van der Waals surface area contributed by atoms with E-state index in [1.807, 2.05) is 30.3 Å². The van der Waals surface area contributed by atoms with E-state index in [0.717, 1.165) is 27.9 Å². The molecule has 35 heavy (non-hydrogen) atoms. The number of thiophene rings is 1. The van der Waals surface area contributed by atoms with E-state index in [2.05, 4.69) is 5.32 Å². The number of aliphatic hydroxyl groups excluding tert-OH is 3. The van der Waals surface area contributed by atoms with Gasteiger partial charge >= 0.3 is 5.97 Å². The molecule has 0 unspecified atom stereocenters. The van der Waals surface area contributed by atoms with Gasteiger partial charge in [0.1, 0.15) is 49.0 Å². The average molecular weight is 502 g/mol. The van der Waals surface area contributed by atoms with Gasteiger partial charge in [0.05, 0.1) is 0 Å². The second kappa shape index (κ2) is 10.3. The summed E-state index contributed by atoms with van der Waals surface area (Å²) in [5.41, 5.74) is 0.899. The van der Waals surface area contributed by atoms with Crippen LogP contribution in [-0.2, 0) is 20.7 Å². The topological polar surface area (TPSA) is 108 Å². The fourth-order valence-electron chi connectivity index (χ4n) is 4.73. The normalized spacial score (nSPS) is 28.9. The third-order valence-corrected chi connectivity index (χ3v) is 7.80. The van der Waals surface area contributed by atoms with Gasteiger partial charge in [0.25, 0.3) is 0 Å². The molecule has 9 heteroatoms. The Morgan fingerprint density at radius 2 is 1.94 bits per heavy atom. The maximum Gasteiger partial charge on any atom is 0.323 e. The minimum atomic E-state index is -1.52. The van der Waals surface area contributed by atoms with Crippen molar-refractivity contribution in [2.45, 2.75) is 55.8 Å². The van der Waals surface area contributed by atoms with Crippen LogP contribution in [0.1, 0.15) is 34.9 Å². The van der Waals surface area contributed by atoms with Crippen LogP contribution in [0.5, 0.6) is 0 Å². The molecule has 6 atom stereocenters. The van der Waals surface area contributed by atoms with Gasteiger partial charge in [-0.15, -0.1) is 11.3 Å². The van der Waals surface area contributed by atoms with E-state index in [1.54, 1.807) is 17.4 Å². The highest BCUT2D eigenvalue weighted by atomic mass is 32.1. The highest BCUT2D eigenvalue weighted by molar-refractivity contribution is 7.19. The van der Waals surface area contributed by atoms with Crippen LogP contribution in [0.3, 0.4) is 0 Å². The third kappa shape index (κ3) is 5.11. The summed E-state index contributed by atoms with van der Waals surface area (Å²) in [6.45, 7) is 0.470. The Bertz CT molecular complexity index is 1160. The van der Waals surface area contributed by atoms with Crippen molar-refractivity contribution in [3.63, 3.8) is 0 Å². The lowest BCUT2D eigenvalue weighted by Gasteiger charge is -2.40. The summed E-state index contributed by atoms with van der Waals surface area (Å²) in [5, 5.41) is 35.6. The van der Waals surface area contributed by atoms with Crippen LogP contribution in [0.2, 0.25) is 0 Å². The predicted octanol–water partition coefficient (Wildman–Crippen LogP) is 2.45. The van der Waals surface area contributed by atoms with Crippen LogP contribution in [0.4, 0.5) is 4.39 Å². The van der Waals surface area contributed by atoms with E-state index in [9.17, 15) is 24.5 Å². The third-order valence-electron chi connectivity index (χ3n) is 6.69. The zero-order chi connectivity index (χ0) is 24.5. The number of esters is 1. The van der Waals surface area contributed by atoms with Crippen molar-refractivity contribution in [3.8, 4) is 0 Å². The molecule has 5 rings (SSSR count). The minimum absolute atomic E-state index is 0.270. The Hall–Kier alpha value is -2.40. The Morgan fingerprint density at radius 3 is 2.71 bits per heavy atom. The second-order valence-electron chi connectivity index (χ2n) is 9.12. The highest BCUT2D eigenvalue weighted by Gasteiger charge is 2.45. The monoisotopic (exact) mass is 501 g/mol. The lowest BCUT2D eigenvalue weighted by atomic mass is 9.90. The van der Waals surface area contributed by atoms with Crippen molar-refractivity contribution in [2.75, 3.05) is 13.2 Å². The van der Waals surface area contributed by atoms with Gasteiger partial charge in [-0.1, -0.05) is 24.3 Å². The van der Waals surface area contributed by atoms with E-state index in [4.69, 9.17) is 9.47 Å². The number of hydrogen-bond acceptors (Lipinski definition) is 8. The molecule has 2 fully saturated rings. The fourth-order valence-corrected chi connectivity index (χ4v) is 5.82. The van der Waals surface area contributed by atoms with Gasteiger partial charge in [-0.05, 0) is 60.2 Å². The van der Waals surface area contributed by atoms with Crippen LogP contribution in [-0.4, -0.2) is 64.9 Å². The maximum atomic E-state index is 14.7. The smallest absolute Gasteiger partial charge is 0.323 e. The van der Waals surface area contributed by atoms with Gasteiger partial charge in [-0.3, -0.25) is 4.79 Å². The standard InChI is InChI=1S/C26H28FNO6S/c27-18-8-7-15(10-16(18)12-17-11-14-4-1-2-6-21(14)35-17)25-24(31)23(30)22(29)20(34-25)13-33-26(32)19-5-3-9-28-19/h1-2,4,6-8,10-11,19-20,22-25,28-31H,3,5,9,12-13H2/t19-,20+,22+,23-,24+,25-/m0/s1. The number of nitrogens with one attached hydrogen (secondary N) is 1. The van der Waals surface area contributed by atoms with E-state index >= 15 is 0 Å². The zero-order valence-corrected chi connectivity index (χ0v) is 19.8. The Labute approximate surface area is 206 Å². The summed E-state index contributed by atoms with van der Waals surface area (Å²) in [4.78, 5) is 13.2. The number of hydrogen-bond donors (Lipinski definition) is 4. The molecule has 3 aromatic rings. The van der Waals surface area contributed by atoms with Gasteiger partial charge in [0, 0.05) is 16.0 Å². The van der Waals surface area contributed by atoms with E-state index < -0.39 is 42.5 Å². The molecule has 0 saturated carbocycles. The van der Waals surface area contributed by atoms with Crippen molar-refractivity contribution < 1.29 is 34.0 Å². The first-order valence-electron chi connectivity index (χ1n) is 11.8.